The lowest BCUT2D eigenvalue weighted by Crippen LogP contribution is -2.33. The molecule has 116 valence electrons. The van der Waals surface area contributed by atoms with Crippen molar-refractivity contribution in [1.82, 2.24) is 5.32 Å². The molecule has 0 aromatic heterocycles. The fourth-order valence-electron chi connectivity index (χ4n) is 3.00. The van der Waals surface area contributed by atoms with E-state index in [9.17, 15) is 0 Å². The summed E-state index contributed by atoms with van der Waals surface area (Å²) in [7, 11) is 1.69. The summed E-state index contributed by atoms with van der Waals surface area (Å²) in [6.07, 6.45) is 5.17. The molecular formula is C16H22BrNO3. The van der Waals surface area contributed by atoms with Crippen LogP contribution in [-0.4, -0.2) is 32.9 Å². The van der Waals surface area contributed by atoms with Crippen LogP contribution in [0.1, 0.15) is 37.4 Å². The second-order valence-corrected chi connectivity index (χ2v) is 6.47. The minimum absolute atomic E-state index is 0.0579. The van der Waals surface area contributed by atoms with Crippen LogP contribution < -0.4 is 14.8 Å². The maximum absolute atomic E-state index is 6.11. The maximum Gasteiger partial charge on any atom is 0.162 e. The van der Waals surface area contributed by atoms with Crippen molar-refractivity contribution in [2.75, 3.05) is 26.8 Å². The molecule has 21 heavy (non-hydrogen) atoms. The molecule has 1 unspecified atom stereocenters. The normalized spacial score (nSPS) is 23.2. The Morgan fingerprint density at radius 3 is 2.71 bits per heavy atom. The molecule has 3 rings (SSSR count). The first-order valence-corrected chi connectivity index (χ1v) is 8.43. The summed E-state index contributed by atoms with van der Waals surface area (Å²) in [6, 6.07) is 4.05. The molecule has 1 aromatic carbocycles. The third-order valence-corrected chi connectivity index (χ3v) is 4.84. The third kappa shape index (κ3) is 3.52. The largest absolute Gasteiger partial charge is 0.493 e. The molecule has 1 heterocycles. The van der Waals surface area contributed by atoms with Crippen molar-refractivity contribution in [3.63, 3.8) is 0 Å². The molecule has 1 aliphatic heterocycles. The number of nitrogens with one attached hydrogen (secondary N) is 1. The molecule has 0 amide bonds. The highest BCUT2D eigenvalue weighted by atomic mass is 79.9. The van der Waals surface area contributed by atoms with Gasteiger partial charge in [-0.15, -0.1) is 0 Å². The molecule has 4 nitrogen and oxygen atoms in total. The first-order chi connectivity index (χ1) is 10.3. The summed E-state index contributed by atoms with van der Waals surface area (Å²) in [5.74, 6) is 1.61. The van der Waals surface area contributed by atoms with Gasteiger partial charge in [0.1, 0.15) is 0 Å². The Bertz CT molecular complexity index is 483. The Kier molecular flexibility index (Phi) is 5.03. The Balaban J connectivity index is 1.82. The molecule has 5 heteroatoms. The summed E-state index contributed by atoms with van der Waals surface area (Å²) in [4.78, 5) is 0. The van der Waals surface area contributed by atoms with Gasteiger partial charge in [-0.05, 0) is 37.8 Å². The summed E-state index contributed by atoms with van der Waals surface area (Å²) in [5.41, 5.74) is 1.11. The van der Waals surface area contributed by atoms with E-state index in [0.29, 0.717) is 6.10 Å². The van der Waals surface area contributed by atoms with Crippen molar-refractivity contribution in [2.45, 2.75) is 37.9 Å². The molecule has 1 saturated heterocycles. The highest BCUT2D eigenvalue weighted by Gasteiger charge is 2.23. The average Bonchev–Trinajstić information content (AvgIpc) is 3.01. The topological polar surface area (TPSA) is 39.7 Å². The molecule has 1 aliphatic carbocycles. The number of benzene rings is 1. The molecular weight excluding hydrogens is 334 g/mol. The molecule has 0 bridgehead atoms. The van der Waals surface area contributed by atoms with Crippen LogP contribution in [0.25, 0.3) is 0 Å². The standard InChI is InChI=1S/C16H22BrNO3/c1-19-14-8-12(16-10-18-6-7-20-16)13(17)9-15(14)21-11-4-2-3-5-11/h8-9,11,16,18H,2-7,10H2,1H3. The van der Waals surface area contributed by atoms with Crippen LogP contribution in [-0.2, 0) is 4.74 Å². The van der Waals surface area contributed by atoms with Crippen molar-refractivity contribution < 1.29 is 14.2 Å². The van der Waals surface area contributed by atoms with Gasteiger partial charge in [-0.25, -0.2) is 0 Å². The Morgan fingerprint density at radius 1 is 1.24 bits per heavy atom. The molecule has 1 saturated carbocycles. The van der Waals surface area contributed by atoms with Crippen LogP contribution in [0.2, 0.25) is 0 Å². The molecule has 1 atom stereocenters. The molecule has 0 spiro atoms. The van der Waals surface area contributed by atoms with Gasteiger partial charge in [0, 0.05) is 23.1 Å². The zero-order chi connectivity index (χ0) is 14.7. The third-order valence-electron chi connectivity index (χ3n) is 4.15. The zero-order valence-corrected chi connectivity index (χ0v) is 13.9. The zero-order valence-electron chi connectivity index (χ0n) is 12.4. The van der Waals surface area contributed by atoms with Gasteiger partial charge in [0.15, 0.2) is 11.5 Å². The molecule has 2 aliphatic rings. The Morgan fingerprint density at radius 2 is 2.05 bits per heavy atom. The van der Waals surface area contributed by atoms with Crippen LogP contribution in [0, 0.1) is 0 Å². The van der Waals surface area contributed by atoms with E-state index in [0.717, 1.165) is 54.1 Å². The van der Waals surface area contributed by atoms with E-state index in [1.54, 1.807) is 7.11 Å². The van der Waals surface area contributed by atoms with Gasteiger partial charge in [0.05, 0.1) is 25.9 Å². The number of hydrogen-bond donors (Lipinski definition) is 1. The van der Waals surface area contributed by atoms with Crippen LogP contribution in [0.5, 0.6) is 11.5 Å². The van der Waals surface area contributed by atoms with E-state index in [2.05, 4.69) is 21.2 Å². The van der Waals surface area contributed by atoms with Crippen LogP contribution >= 0.6 is 15.9 Å². The van der Waals surface area contributed by atoms with Crippen LogP contribution in [0.4, 0.5) is 0 Å². The summed E-state index contributed by atoms with van der Waals surface area (Å²) >= 11 is 3.65. The van der Waals surface area contributed by atoms with E-state index in [-0.39, 0.29) is 6.10 Å². The molecule has 2 fully saturated rings. The quantitative estimate of drug-likeness (QED) is 0.897. The first-order valence-electron chi connectivity index (χ1n) is 7.64. The van der Waals surface area contributed by atoms with Gasteiger partial charge in [-0.1, -0.05) is 15.9 Å². The lowest BCUT2D eigenvalue weighted by molar-refractivity contribution is 0.0271. The molecule has 0 radical (unpaired) electrons. The lowest BCUT2D eigenvalue weighted by atomic mass is 10.1. The first kappa shape index (κ1) is 15.1. The summed E-state index contributed by atoms with van der Waals surface area (Å²) in [6.45, 7) is 2.47. The number of morpholine rings is 1. The smallest absolute Gasteiger partial charge is 0.162 e. The van der Waals surface area contributed by atoms with Crippen molar-refractivity contribution in [1.29, 1.82) is 0 Å². The average molecular weight is 356 g/mol. The minimum Gasteiger partial charge on any atom is -0.493 e. The van der Waals surface area contributed by atoms with Crippen molar-refractivity contribution in [3.05, 3.63) is 22.2 Å². The van der Waals surface area contributed by atoms with Crippen LogP contribution in [0.3, 0.4) is 0 Å². The summed E-state index contributed by atoms with van der Waals surface area (Å²) in [5, 5.41) is 3.35. The monoisotopic (exact) mass is 355 g/mol. The van der Waals surface area contributed by atoms with E-state index >= 15 is 0 Å². The highest BCUT2D eigenvalue weighted by molar-refractivity contribution is 9.10. The fourth-order valence-corrected chi connectivity index (χ4v) is 3.58. The second kappa shape index (κ2) is 6.99. The molecule has 1 aromatic rings. The van der Waals surface area contributed by atoms with Crippen LogP contribution in [0.15, 0.2) is 16.6 Å². The Labute approximate surface area is 134 Å². The number of halogens is 1. The summed E-state index contributed by atoms with van der Waals surface area (Å²) < 4.78 is 18.5. The van der Waals surface area contributed by atoms with Crippen molar-refractivity contribution in [3.8, 4) is 11.5 Å². The van der Waals surface area contributed by atoms with Crippen molar-refractivity contribution >= 4 is 15.9 Å². The van der Waals surface area contributed by atoms with E-state index in [1.807, 2.05) is 12.1 Å². The number of ether oxygens (including phenoxy) is 3. The number of hydrogen-bond acceptors (Lipinski definition) is 4. The second-order valence-electron chi connectivity index (χ2n) is 5.61. The van der Waals surface area contributed by atoms with Gasteiger partial charge >= 0.3 is 0 Å². The van der Waals surface area contributed by atoms with E-state index in [4.69, 9.17) is 14.2 Å². The highest BCUT2D eigenvalue weighted by Crippen LogP contribution is 2.39. The van der Waals surface area contributed by atoms with Gasteiger partial charge < -0.3 is 19.5 Å². The molecule has 1 N–H and O–H groups in total. The predicted molar refractivity (Wildman–Crippen MR) is 85.1 cm³/mol. The number of methoxy groups -OCH3 is 1. The number of rotatable bonds is 4. The van der Waals surface area contributed by atoms with Gasteiger partial charge in [0.2, 0.25) is 0 Å². The van der Waals surface area contributed by atoms with Gasteiger partial charge in [-0.3, -0.25) is 0 Å². The minimum atomic E-state index is 0.0579. The SMILES string of the molecule is COc1cc(C2CNCCO2)c(Br)cc1OC1CCCC1. The van der Waals surface area contributed by atoms with Gasteiger partial charge in [0.25, 0.3) is 0 Å². The lowest BCUT2D eigenvalue weighted by Gasteiger charge is -2.26. The van der Waals surface area contributed by atoms with E-state index in [1.165, 1.54) is 12.8 Å². The van der Waals surface area contributed by atoms with Gasteiger partial charge in [-0.2, -0.15) is 0 Å². The predicted octanol–water partition coefficient (Wildman–Crippen LogP) is 3.44. The fraction of sp³-hybridized carbons (Fsp3) is 0.625. The van der Waals surface area contributed by atoms with Crippen molar-refractivity contribution in [2.24, 2.45) is 0 Å². The maximum atomic E-state index is 6.11. The van der Waals surface area contributed by atoms with E-state index < -0.39 is 0 Å². The Hall–Kier alpha value is -0.780.